The number of aliphatic hydroxyl groups is 1. The highest BCUT2D eigenvalue weighted by Gasteiger charge is 2.28. The van der Waals surface area contributed by atoms with E-state index in [1.165, 1.54) is 0 Å². The molecule has 0 bridgehead atoms. The molecular formula is C13H25NO5. The molecule has 0 radical (unpaired) electrons. The minimum absolute atomic E-state index is 0.0618. The Hall–Kier alpha value is -1.14. The number of carbonyl (C=O) groups excluding carboxylic acids is 2. The van der Waals surface area contributed by atoms with Gasteiger partial charge in [0.2, 0.25) is 5.91 Å². The maximum Gasteiger partial charge on any atom is 0.305 e. The van der Waals surface area contributed by atoms with Gasteiger partial charge in [0.25, 0.3) is 0 Å². The molecular weight excluding hydrogens is 250 g/mol. The lowest BCUT2D eigenvalue weighted by molar-refractivity contribution is -0.149. The summed E-state index contributed by atoms with van der Waals surface area (Å²) in [4.78, 5) is 27.7. The summed E-state index contributed by atoms with van der Waals surface area (Å²) in [6.45, 7) is 7.05. The lowest BCUT2D eigenvalue weighted by Crippen LogP contribution is -2.38. The summed E-state index contributed by atoms with van der Waals surface area (Å²) in [6, 6.07) is 0. The van der Waals surface area contributed by atoms with Gasteiger partial charge in [0.15, 0.2) is 0 Å². The van der Waals surface area contributed by atoms with Gasteiger partial charge in [-0.25, -0.2) is 5.48 Å². The van der Waals surface area contributed by atoms with Crippen LogP contribution < -0.4 is 5.48 Å². The van der Waals surface area contributed by atoms with Crippen molar-refractivity contribution in [2.24, 2.45) is 5.41 Å². The molecule has 0 aliphatic carbocycles. The van der Waals surface area contributed by atoms with E-state index < -0.39 is 5.41 Å². The zero-order chi connectivity index (χ0) is 14.9. The minimum Gasteiger partial charge on any atom is -0.463 e. The molecule has 6 nitrogen and oxygen atoms in total. The number of rotatable bonds is 9. The van der Waals surface area contributed by atoms with Crippen molar-refractivity contribution in [3.05, 3.63) is 0 Å². The number of nitrogens with one attached hydrogen (secondary N) is 1. The fourth-order valence-electron chi connectivity index (χ4n) is 1.34. The normalized spacial score (nSPS) is 12.9. The van der Waals surface area contributed by atoms with Gasteiger partial charge in [-0.3, -0.25) is 14.4 Å². The van der Waals surface area contributed by atoms with Gasteiger partial charge in [-0.1, -0.05) is 20.8 Å². The quantitative estimate of drug-likeness (QED) is 0.375. The van der Waals surface area contributed by atoms with Crippen molar-refractivity contribution in [2.75, 3.05) is 13.2 Å². The number of carbonyl (C=O) groups is 2. The highest BCUT2D eigenvalue weighted by atomic mass is 16.7. The van der Waals surface area contributed by atoms with Gasteiger partial charge in [-0.2, -0.15) is 0 Å². The summed E-state index contributed by atoms with van der Waals surface area (Å²) in [7, 11) is 0. The zero-order valence-corrected chi connectivity index (χ0v) is 12.2. The molecule has 0 aliphatic heterocycles. The number of hydrogen-bond acceptors (Lipinski definition) is 5. The second-order valence-electron chi connectivity index (χ2n) is 5.08. The first-order chi connectivity index (χ1) is 8.83. The number of hydroxylamine groups is 1. The lowest BCUT2D eigenvalue weighted by Gasteiger charge is -2.24. The maximum absolute atomic E-state index is 11.8. The zero-order valence-electron chi connectivity index (χ0n) is 12.2. The van der Waals surface area contributed by atoms with Crippen molar-refractivity contribution in [2.45, 2.75) is 53.1 Å². The van der Waals surface area contributed by atoms with E-state index in [1.54, 1.807) is 20.8 Å². The van der Waals surface area contributed by atoms with Crippen molar-refractivity contribution in [3.63, 3.8) is 0 Å². The predicted octanol–water partition coefficient (Wildman–Crippen LogP) is 1.17. The third-order valence-corrected chi connectivity index (χ3v) is 2.77. The van der Waals surface area contributed by atoms with Crippen LogP contribution in [-0.2, 0) is 19.2 Å². The lowest BCUT2D eigenvalue weighted by atomic mass is 9.86. The molecule has 1 atom stereocenters. The minimum atomic E-state index is -0.623. The van der Waals surface area contributed by atoms with E-state index in [9.17, 15) is 9.59 Å². The second kappa shape index (κ2) is 8.87. The van der Waals surface area contributed by atoms with E-state index in [-0.39, 0.29) is 31.2 Å². The van der Waals surface area contributed by atoms with Crippen LogP contribution in [0.15, 0.2) is 0 Å². The van der Waals surface area contributed by atoms with Crippen LogP contribution >= 0.6 is 0 Å². The molecule has 0 saturated carbocycles. The SMILES string of the molecule is CCC(=O)OC(C)CCC(C)(C)C(=O)NOCCO. The average Bonchev–Trinajstić information content (AvgIpc) is 2.36. The van der Waals surface area contributed by atoms with E-state index in [0.717, 1.165) is 0 Å². The highest BCUT2D eigenvalue weighted by molar-refractivity contribution is 5.80. The van der Waals surface area contributed by atoms with E-state index in [0.29, 0.717) is 19.3 Å². The molecule has 0 saturated heterocycles. The van der Waals surface area contributed by atoms with E-state index >= 15 is 0 Å². The first-order valence-electron chi connectivity index (χ1n) is 6.56. The molecule has 112 valence electrons. The fraction of sp³-hybridized carbons (Fsp3) is 0.846. The largest absolute Gasteiger partial charge is 0.463 e. The van der Waals surface area contributed by atoms with Crippen molar-refractivity contribution < 1.29 is 24.3 Å². The monoisotopic (exact) mass is 275 g/mol. The van der Waals surface area contributed by atoms with Crippen molar-refractivity contribution >= 4 is 11.9 Å². The van der Waals surface area contributed by atoms with Crippen molar-refractivity contribution in [1.29, 1.82) is 0 Å². The van der Waals surface area contributed by atoms with E-state index in [2.05, 4.69) is 5.48 Å². The van der Waals surface area contributed by atoms with Crippen LogP contribution in [0.4, 0.5) is 0 Å². The third kappa shape index (κ3) is 7.79. The third-order valence-electron chi connectivity index (χ3n) is 2.77. The van der Waals surface area contributed by atoms with Crippen LogP contribution in [0, 0.1) is 5.41 Å². The van der Waals surface area contributed by atoms with Gasteiger partial charge >= 0.3 is 5.97 Å². The summed E-state index contributed by atoms with van der Waals surface area (Å²) in [5, 5.41) is 8.54. The van der Waals surface area contributed by atoms with Gasteiger partial charge in [-0.15, -0.1) is 0 Å². The Morgan fingerprint density at radius 1 is 1.37 bits per heavy atom. The topological polar surface area (TPSA) is 84.9 Å². The maximum atomic E-state index is 11.8. The first-order valence-corrected chi connectivity index (χ1v) is 6.56. The van der Waals surface area contributed by atoms with Crippen LogP contribution in [0.1, 0.15) is 47.0 Å². The van der Waals surface area contributed by atoms with E-state index in [1.807, 2.05) is 6.92 Å². The van der Waals surface area contributed by atoms with Gasteiger partial charge in [0.05, 0.1) is 19.3 Å². The summed E-state index contributed by atoms with van der Waals surface area (Å²) in [5.74, 6) is -0.490. The number of amides is 1. The number of aliphatic hydroxyl groups excluding tert-OH is 1. The van der Waals surface area contributed by atoms with Gasteiger partial charge in [-0.05, 0) is 19.8 Å². The van der Waals surface area contributed by atoms with Crippen LogP contribution in [0.25, 0.3) is 0 Å². The smallest absolute Gasteiger partial charge is 0.305 e. The van der Waals surface area contributed by atoms with E-state index in [4.69, 9.17) is 14.7 Å². The van der Waals surface area contributed by atoms with Gasteiger partial charge in [0.1, 0.15) is 0 Å². The molecule has 1 amide bonds. The van der Waals surface area contributed by atoms with Crippen LogP contribution in [0.5, 0.6) is 0 Å². The molecule has 1 unspecified atom stereocenters. The fourth-order valence-corrected chi connectivity index (χ4v) is 1.34. The Labute approximate surface area is 114 Å². The summed E-state index contributed by atoms with van der Waals surface area (Å²) in [6.07, 6.45) is 1.31. The van der Waals surface area contributed by atoms with Crippen molar-refractivity contribution in [3.8, 4) is 0 Å². The molecule has 2 N–H and O–H groups in total. The Bertz CT molecular complexity index is 291. The van der Waals surface area contributed by atoms with Gasteiger partial charge in [0, 0.05) is 11.8 Å². The van der Waals surface area contributed by atoms with Crippen LogP contribution in [-0.4, -0.2) is 36.3 Å². The number of esters is 1. The molecule has 0 fully saturated rings. The molecule has 0 aromatic carbocycles. The Morgan fingerprint density at radius 3 is 2.53 bits per heavy atom. The molecule has 19 heavy (non-hydrogen) atoms. The predicted molar refractivity (Wildman–Crippen MR) is 70.0 cm³/mol. The average molecular weight is 275 g/mol. The van der Waals surface area contributed by atoms with Crippen LogP contribution in [0.3, 0.4) is 0 Å². The van der Waals surface area contributed by atoms with Gasteiger partial charge < -0.3 is 9.84 Å². The Kier molecular flexibility index (Phi) is 8.34. The molecule has 0 aromatic rings. The molecule has 6 heteroatoms. The number of ether oxygens (including phenoxy) is 1. The van der Waals surface area contributed by atoms with Crippen molar-refractivity contribution in [1.82, 2.24) is 5.48 Å². The second-order valence-corrected chi connectivity index (χ2v) is 5.08. The summed E-state index contributed by atoms with van der Waals surface area (Å²) < 4.78 is 5.14. The molecule has 0 heterocycles. The Morgan fingerprint density at radius 2 is 2.00 bits per heavy atom. The van der Waals surface area contributed by atoms with Crippen LogP contribution in [0.2, 0.25) is 0 Å². The summed E-state index contributed by atoms with van der Waals surface area (Å²) >= 11 is 0. The summed E-state index contributed by atoms with van der Waals surface area (Å²) in [5.41, 5.74) is 1.67. The molecule has 0 spiro atoms. The first kappa shape index (κ1) is 17.9. The molecule has 0 rings (SSSR count). The molecule has 0 aromatic heterocycles. The standard InChI is InChI=1S/C13H25NO5/c1-5-11(16)19-10(2)6-7-13(3,4)12(17)14-18-9-8-15/h10,15H,5-9H2,1-4H3,(H,14,17). The molecule has 0 aliphatic rings. The highest BCUT2D eigenvalue weighted by Crippen LogP contribution is 2.24. The Balaban J connectivity index is 4.06. The number of hydrogen-bond donors (Lipinski definition) is 2.